The number of rotatable bonds is 5. The summed E-state index contributed by atoms with van der Waals surface area (Å²) in [4.78, 5) is 11.1. The van der Waals surface area contributed by atoms with Gasteiger partial charge < -0.3 is 15.8 Å². The standard InChI is InChI=1S/C10H17F3N2O2/c11-10(12,13)6-15-9(16)5-17-8-3-1-2-7(8)4-14/h7-8H,1-6,14H2,(H,15,16). The predicted octanol–water partition coefficient (Wildman–Crippen LogP) is 0.809. The molecule has 0 spiro atoms. The van der Waals surface area contributed by atoms with Gasteiger partial charge in [-0.15, -0.1) is 0 Å². The molecule has 2 unspecified atom stereocenters. The van der Waals surface area contributed by atoms with Crippen molar-refractivity contribution < 1.29 is 22.7 Å². The maximum Gasteiger partial charge on any atom is 0.405 e. The van der Waals surface area contributed by atoms with Crippen LogP contribution < -0.4 is 11.1 Å². The minimum absolute atomic E-state index is 0.100. The van der Waals surface area contributed by atoms with Crippen molar-refractivity contribution in [2.75, 3.05) is 19.7 Å². The molecule has 4 nitrogen and oxygen atoms in total. The minimum atomic E-state index is -4.39. The molecule has 1 amide bonds. The van der Waals surface area contributed by atoms with E-state index in [2.05, 4.69) is 0 Å². The van der Waals surface area contributed by atoms with E-state index in [1.165, 1.54) is 0 Å². The third-order valence-electron chi connectivity index (χ3n) is 2.81. The first-order valence-electron chi connectivity index (χ1n) is 5.57. The van der Waals surface area contributed by atoms with Crippen molar-refractivity contribution in [1.29, 1.82) is 0 Å². The number of halogens is 3. The zero-order valence-corrected chi connectivity index (χ0v) is 9.43. The fourth-order valence-corrected chi connectivity index (χ4v) is 1.92. The number of hydrogen-bond donors (Lipinski definition) is 2. The number of carbonyl (C=O) groups excluding carboxylic acids is 1. The van der Waals surface area contributed by atoms with Crippen LogP contribution in [0.15, 0.2) is 0 Å². The second-order valence-corrected chi connectivity index (χ2v) is 4.17. The first-order valence-corrected chi connectivity index (χ1v) is 5.57. The summed E-state index contributed by atoms with van der Waals surface area (Å²) in [5, 5.41) is 1.76. The molecule has 0 aromatic rings. The first-order chi connectivity index (χ1) is 7.92. The van der Waals surface area contributed by atoms with Crippen molar-refractivity contribution in [2.24, 2.45) is 11.7 Å². The lowest BCUT2D eigenvalue weighted by Crippen LogP contribution is -2.37. The molecule has 1 fully saturated rings. The molecule has 0 saturated heterocycles. The van der Waals surface area contributed by atoms with E-state index in [4.69, 9.17) is 10.5 Å². The Morgan fingerprint density at radius 3 is 2.71 bits per heavy atom. The third kappa shape index (κ3) is 5.36. The number of nitrogens with one attached hydrogen (secondary N) is 1. The van der Waals surface area contributed by atoms with Gasteiger partial charge in [0.05, 0.1) is 6.10 Å². The Balaban J connectivity index is 2.19. The molecule has 1 rings (SSSR count). The predicted molar refractivity (Wildman–Crippen MR) is 55.2 cm³/mol. The number of amides is 1. The van der Waals surface area contributed by atoms with Crippen LogP contribution in [0.25, 0.3) is 0 Å². The van der Waals surface area contributed by atoms with Gasteiger partial charge in [0.2, 0.25) is 5.91 Å². The lowest BCUT2D eigenvalue weighted by molar-refractivity contribution is -0.142. The normalized spacial score (nSPS) is 24.9. The Morgan fingerprint density at radius 1 is 1.41 bits per heavy atom. The van der Waals surface area contributed by atoms with Crippen molar-refractivity contribution in [3.63, 3.8) is 0 Å². The molecule has 100 valence electrons. The fraction of sp³-hybridized carbons (Fsp3) is 0.900. The van der Waals surface area contributed by atoms with Crippen LogP contribution in [0.3, 0.4) is 0 Å². The van der Waals surface area contributed by atoms with Crippen LogP contribution in [-0.4, -0.2) is 37.9 Å². The molecule has 1 aliphatic carbocycles. The molecule has 17 heavy (non-hydrogen) atoms. The quantitative estimate of drug-likeness (QED) is 0.763. The Kier molecular flexibility index (Phi) is 5.20. The monoisotopic (exact) mass is 254 g/mol. The van der Waals surface area contributed by atoms with Crippen molar-refractivity contribution in [2.45, 2.75) is 31.5 Å². The topological polar surface area (TPSA) is 64.3 Å². The molecule has 0 radical (unpaired) electrons. The Labute approximate surface area is 97.7 Å². The van der Waals surface area contributed by atoms with Crippen LogP contribution in [0.2, 0.25) is 0 Å². The molecule has 0 heterocycles. The molecular formula is C10H17F3N2O2. The highest BCUT2D eigenvalue weighted by molar-refractivity contribution is 5.77. The lowest BCUT2D eigenvalue weighted by Gasteiger charge is -2.18. The van der Waals surface area contributed by atoms with Crippen molar-refractivity contribution in [3.8, 4) is 0 Å². The van der Waals surface area contributed by atoms with Crippen LogP contribution in [0.5, 0.6) is 0 Å². The van der Waals surface area contributed by atoms with E-state index < -0.39 is 18.6 Å². The molecule has 0 bridgehead atoms. The van der Waals surface area contributed by atoms with Gasteiger partial charge in [-0.2, -0.15) is 13.2 Å². The lowest BCUT2D eigenvalue weighted by atomic mass is 10.1. The minimum Gasteiger partial charge on any atom is -0.368 e. The number of hydrogen-bond acceptors (Lipinski definition) is 3. The van der Waals surface area contributed by atoms with Gasteiger partial charge >= 0.3 is 6.18 Å². The van der Waals surface area contributed by atoms with E-state index in [0.717, 1.165) is 19.3 Å². The van der Waals surface area contributed by atoms with E-state index >= 15 is 0 Å². The van der Waals surface area contributed by atoms with Crippen LogP contribution in [0, 0.1) is 5.92 Å². The van der Waals surface area contributed by atoms with Gasteiger partial charge in [0.1, 0.15) is 13.2 Å². The third-order valence-corrected chi connectivity index (χ3v) is 2.81. The first kappa shape index (κ1) is 14.2. The van der Waals surface area contributed by atoms with E-state index in [9.17, 15) is 18.0 Å². The zero-order valence-electron chi connectivity index (χ0n) is 9.43. The van der Waals surface area contributed by atoms with Gasteiger partial charge in [-0.1, -0.05) is 6.42 Å². The second-order valence-electron chi connectivity index (χ2n) is 4.17. The Bertz CT molecular complexity index is 258. The molecule has 1 aliphatic rings. The van der Waals surface area contributed by atoms with Crippen molar-refractivity contribution in [1.82, 2.24) is 5.32 Å². The molecule has 2 atom stereocenters. The molecule has 0 aliphatic heterocycles. The number of nitrogens with two attached hydrogens (primary N) is 1. The van der Waals surface area contributed by atoms with E-state index in [0.29, 0.717) is 6.54 Å². The summed E-state index contributed by atoms with van der Waals surface area (Å²) in [5.74, 6) is -0.532. The summed E-state index contributed by atoms with van der Waals surface area (Å²) in [7, 11) is 0. The van der Waals surface area contributed by atoms with Gasteiger partial charge in [-0.25, -0.2) is 0 Å². The summed E-state index contributed by atoms with van der Waals surface area (Å²) >= 11 is 0. The molecule has 0 aromatic carbocycles. The summed E-state index contributed by atoms with van der Waals surface area (Å²) in [6, 6.07) is 0. The highest BCUT2D eigenvalue weighted by Crippen LogP contribution is 2.27. The fourth-order valence-electron chi connectivity index (χ4n) is 1.92. The summed E-state index contributed by atoms with van der Waals surface area (Å²) in [6.45, 7) is -1.17. The average molecular weight is 254 g/mol. The highest BCUT2D eigenvalue weighted by Gasteiger charge is 2.29. The number of ether oxygens (including phenoxy) is 1. The van der Waals surface area contributed by atoms with E-state index in [1.807, 2.05) is 0 Å². The number of alkyl halides is 3. The van der Waals surface area contributed by atoms with Gasteiger partial charge in [0.15, 0.2) is 0 Å². The van der Waals surface area contributed by atoms with Gasteiger partial charge in [0.25, 0.3) is 0 Å². The molecule has 0 aromatic heterocycles. The molecule has 3 N–H and O–H groups in total. The van der Waals surface area contributed by atoms with Crippen LogP contribution in [-0.2, 0) is 9.53 Å². The smallest absolute Gasteiger partial charge is 0.368 e. The Morgan fingerprint density at radius 2 is 2.12 bits per heavy atom. The summed E-state index contributed by atoms with van der Waals surface area (Å²) < 4.78 is 40.7. The van der Waals surface area contributed by atoms with Crippen molar-refractivity contribution >= 4 is 5.91 Å². The Hall–Kier alpha value is -0.820. The number of carbonyl (C=O) groups is 1. The molecule has 7 heteroatoms. The molecule has 1 saturated carbocycles. The zero-order chi connectivity index (χ0) is 12.9. The molecular weight excluding hydrogens is 237 g/mol. The van der Waals surface area contributed by atoms with Crippen molar-refractivity contribution in [3.05, 3.63) is 0 Å². The summed E-state index contributed by atoms with van der Waals surface area (Å²) in [6.07, 6.45) is -1.74. The maximum absolute atomic E-state index is 11.8. The van der Waals surface area contributed by atoms with Crippen LogP contribution in [0.4, 0.5) is 13.2 Å². The van der Waals surface area contributed by atoms with Gasteiger partial charge in [0, 0.05) is 0 Å². The van der Waals surface area contributed by atoms with Gasteiger partial charge in [-0.05, 0) is 25.3 Å². The highest BCUT2D eigenvalue weighted by atomic mass is 19.4. The van der Waals surface area contributed by atoms with E-state index in [1.54, 1.807) is 5.32 Å². The van der Waals surface area contributed by atoms with Gasteiger partial charge in [-0.3, -0.25) is 4.79 Å². The second kappa shape index (κ2) is 6.20. The largest absolute Gasteiger partial charge is 0.405 e. The average Bonchev–Trinajstić information content (AvgIpc) is 2.69. The maximum atomic E-state index is 11.8. The summed E-state index contributed by atoms with van der Waals surface area (Å²) in [5.41, 5.74) is 5.52. The van der Waals surface area contributed by atoms with Crippen LogP contribution >= 0.6 is 0 Å². The van der Waals surface area contributed by atoms with Crippen LogP contribution in [0.1, 0.15) is 19.3 Å². The SMILES string of the molecule is NCC1CCCC1OCC(=O)NCC(F)(F)F. The van der Waals surface area contributed by atoms with E-state index in [-0.39, 0.29) is 18.6 Å².